The van der Waals surface area contributed by atoms with E-state index < -0.39 is 0 Å². The molecule has 0 aliphatic rings. The van der Waals surface area contributed by atoms with Crippen molar-refractivity contribution in [2.45, 2.75) is 43.9 Å². The van der Waals surface area contributed by atoms with Crippen LogP contribution in [0.1, 0.15) is 43.6 Å². The van der Waals surface area contributed by atoms with E-state index in [0.29, 0.717) is 11.9 Å². The minimum absolute atomic E-state index is 0.378. The standard InChI is InChI=1S/C15H21N3OS/c1-4-8-16-11(2)13-6-5-7-14(9-13)20-10-15-17-12(3)19-18-15/h5-7,9,11,16H,4,8,10H2,1-3H3. The second-order valence-electron chi connectivity index (χ2n) is 4.77. The number of nitrogens with zero attached hydrogens (tertiary/aromatic N) is 2. The zero-order valence-corrected chi connectivity index (χ0v) is 13.0. The maximum Gasteiger partial charge on any atom is 0.223 e. The van der Waals surface area contributed by atoms with Gasteiger partial charge in [0.2, 0.25) is 5.89 Å². The second kappa shape index (κ2) is 7.45. The molecule has 0 saturated heterocycles. The van der Waals surface area contributed by atoms with Crippen molar-refractivity contribution < 1.29 is 4.52 Å². The van der Waals surface area contributed by atoms with Crippen LogP contribution >= 0.6 is 11.8 Å². The molecule has 0 spiro atoms. The lowest BCUT2D eigenvalue weighted by Crippen LogP contribution is -2.19. The van der Waals surface area contributed by atoms with Gasteiger partial charge >= 0.3 is 0 Å². The Bertz CT molecular complexity index is 541. The lowest BCUT2D eigenvalue weighted by Gasteiger charge is -2.14. The Morgan fingerprint density at radius 1 is 1.40 bits per heavy atom. The number of aromatic nitrogens is 2. The van der Waals surface area contributed by atoms with E-state index >= 15 is 0 Å². The van der Waals surface area contributed by atoms with Gasteiger partial charge in [-0.1, -0.05) is 24.2 Å². The van der Waals surface area contributed by atoms with Crippen molar-refractivity contribution in [2.24, 2.45) is 0 Å². The highest BCUT2D eigenvalue weighted by Crippen LogP contribution is 2.24. The molecule has 1 atom stereocenters. The van der Waals surface area contributed by atoms with Crippen LogP contribution in [0.5, 0.6) is 0 Å². The van der Waals surface area contributed by atoms with E-state index in [9.17, 15) is 0 Å². The molecule has 0 fully saturated rings. The topological polar surface area (TPSA) is 51.0 Å². The summed E-state index contributed by atoms with van der Waals surface area (Å²) in [6, 6.07) is 8.99. The molecule has 2 rings (SSSR count). The van der Waals surface area contributed by atoms with Crippen LogP contribution in [0.25, 0.3) is 0 Å². The van der Waals surface area contributed by atoms with Crippen molar-refractivity contribution in [3.8, 4) is 0 Å². The zero-order chi connectivity index (χ0) is 14.4. The van der Waals surface area contributed by atoms with Crippen molar-refractivity contribution >= 4 is 11.8 Å². The average Bonchev–Trinajstić information content (AvgIpc) is 2.88. The summed E-state index contributed by atoms with van der Waals surface area (Å²) in [4.78, 5) is 5.44. The summed E-state index contributed by atoms with van der Waals surface area (Å²) in [7, 11) is 0. The fourth-order valence-corrected chi connectivity index (χ4v) is 2.71. The fourth-order valence-electron chi connectivity index (χ4n) is 1.90. The first-order chi connectivity index (χ1) is 9.69. The van der Waals surface area contributed by atoms with E-state index in [2.05, 4.69) is 53.6 Å². The van der Waals surface area contributed by atoms with Crippen molar-refractivity contribution in [1.82, 2.24) is 15.5 Å². The number of aryl methyl sites for hydroxylation is 1. The highest BCUT2D eigenvalue weighted by molar-refractivity contribution is 7.98. The van der Waals surface area contributed by atoms with Gasteiger partial charge in [0.25, 0.3) is 0 Å². The monoisotopic (exact) mass is 291 g/mol. The van der Waals surface area contributed by atoms with E-state index in [-0.39, 0.29) is 0 Å². The van der Waals surface area contributed by atoms with Crippen LogP contribution in [0, 0.1) is 6.92 Å². The normalized spacial score (nSPS) is 12.6. The Labute approximate surface area is 124 Å². The van der Waals surface area contributed by atoms with Crippen LogP contribution < -0.4 is 5.32 Å². The Balaban J connectivity index is 1.95. The molecule has 0 amide bonds. The Hall–Kier alpha value is -1.33. The van der Waals surface area contributed by atoms with E-state index in [1.54, 1.807) is 11.8 Å². The third-order valence-electron chi connectivity index (χ3n) is 3.00. The van der Waals surface area contributed by atoms with Gasteiger partial charge < -0.3 is 9.84 Å². The summed E-state index contributed by atoms with van der Waals surface area (Å²) in [6.07, 6.45) is 1.15. The smallest absolute Gasteiger partial charge is 0.223 e. The number of thioether (sulfide) groups is 1. The Morgan fingerprint density at radius 3 is 2.95 bits per heavy atom. The molecule has 1 aromatic carbocycles. The van der Waals surface area contributed by atoms with Crippen LogP contribution in [0.2, 0.25) is 0 Å². The molecule has 0 aliphatic heterocycles. The number of rotatable bonds is 7. The van der Waals surface area contributed by atoms with Gasteiger partial charge in [0, 0.05) is 17.9 Å². The zero-order valence-electron chi connectivity index (χ0n) is 12.2. The van der Waals surface area contributed by atoms with E-state index in [1.165, 1.54) is 10.5 Å². The quantitative estimate of drug-likeness (QED) is 0.788. The van der Waals surface area contributed by atoms with Crippen LogP contribution in [0.3, 0.4) is 0 Å². The number of benzene rings is 1. The second-order valence-corrected chi connectivity index (χ2v) is 5.82. The van der Waals surface area contributed by atoms with Gasteiger partial charge in [-0.25, -0.2) is 0 Å². The van der Waals surface area contributed by atoms with Crippen molar-refractivity contribution in [3.63, 3.8) is 0 Å². The maximum absolute atomic E-state index is 4.97. The molecular weight excluding hydrogens is 270 g/mol. The van der Waals surface area contributed by atoms with Crippen molar-refractivity contribution in [3.05, 3.63) is 41.5 Å². The summed E-state index contributed by atoms with van der Waals surface area (Å²) in [6.45, 7) is 7.23. The minimum Gasteiger partial charge on any atom is -0.340 e. The minimum atomic E-state index is 0.378. The van der Waals surface area contributed by atoms with Crippen molar-refractivity contribution in [1.29, 1.82) is 0 Å². The third-order valence-corrected chi connectivity index (χ3v) is 3.99. The fraction of sp³-hybridized carbons (Fsp3) is 0.467. The molecule has 1 N–H and O–H groups in total. The molecule has 5 heteroatoms. The molecule has 108 valence electrons. The lowest BCUT2D eigenvalue weighted by atomic mass is 10.1. The average molecular weight is 291 g/mol. The first kappa shape index (κ1) is 15.1. The van der Waals surface area contributed by atoms with E-state index in [4.69, 9.17) is 4.52 Å². The third kappa shape index (κ3) is 4.35. The van der Waals surface area contributed by atoms with E-state index in [0.717, 1.165) is 24.5 Å². The Morgan fingerprint density at radius 2 is 2.25 bits per heavy atom. The van der Waals surface area contributed by atoms with Gasteiger partial charge in [0.15, 0.2) is 5.82 Å². The first-order valence-electron chi connectivity index (χ1n) is 6.94. The summed E-state index contributed by atoms with van der Waals surface area (Å²) < 4.78 is 4.97. The molecule has 1 unspecified atom stereocenters. The van der Waals surface area contributed by atoms with Gasteiger partial charge in [-0.2, -0.15) is 4.98 Å². The molecule has 4 nitrogen and oxygen atoms in total. The van der Waals surface area contributed by atoms with Gasteiger partial charge in [0.05, 0.1) is 5.75 Å². The lowest BCUT2D eigenvalue weighted by molar-refractivity contribution is 0.389. The summed E-state index contributed by atoms with van der Waals surface area (Å²) in [5.41, 5.74) is 1.31. The number of hydrogen-bond acceptors (Lipinski definition) is 5. The molecule has 1 heterocycles. The molecule has 0 saturated carbocycles. The SMILES string of the molecule is CCCNC(C)c1cccc(SCc2noc(C)n2)c1. The van der Waals surface area contributed by atoms with E-state index in [1.807, 2.05) is 6.92 Å². The van der Waals surface area contributed by atoms with Gasteiger partial charge in [-0.05, 0) is 37.6 Å². The molecule has 1 aromatic heterocycles. The molecular formula is C15H21N3OS. The number of hydrogen-bond donors (Lipinski definition) is 1. The van der Waals surface area contributed by atoms with Gasteiger partial charge in [-0.15, -0.1) is 11.8 Å². The van der Waals surface area contributed by atoms with Gasteiger partial charge in [-0.3, -0.25) is 0 Å². The largest absolute Gasteiger partial charge is 0.340 e. The predicted molar refractivity (Wildman–Crippen MR) is 81.7 cm³/mol. The highest BCUT2D eigenvalue weighted by Gasteiger charge is 2.07. The van der Waals surface area contributed by atoms with Crippen LogP contribution in [-0.2, 0) is 5.75 Å². The first-order valence-corrected chi connectivity index (χ1v) is 7.93. The molecule has 2 aromatic rings. The summed E-state index contributed by atoms with van der Waals surface area (Å²) >= 11 is 1.73. The highest BCUT2D eigenvalue weighted by atomic mass is 32.2. The molecule has 0 bridgehead atoms. The number of nitrogens with one attached hydrogen (secondary N) is 1. The summed E-state index contributed by atoms with van der Waals surface area (Å²) in [5.74, 6) is 2.10. The molecule has 0 radical (unpaired) electrons. The predicted octanol–water partition coefficient (Wildman–Crippen LogP) is 3.73. The van der Waals surface area contributed by atoms with Crippen LogP contribution in [0.15, 0.2) is 33.7 Å². The van der Waals surface area contributed by atoms with Crippen LogP contribution in [0.4, 0.5) is 0 Å². The molecule has 0 aliphatic carbocycles. The van der Waals surface area contributed by atoms with Crippen LogP contribution in [-0.4, -0.2) is 16.7 Å². The van der Waals surface area contributed by atoms with Crippen molar-refractivity contribution in [2.75, 3.05) is 6.54 Å². The summed E-state index contributed by atoms with van der Waals surface area (Å²) in [5, 5.41) is 7.41. The maximum atomic E-state index is 4.97. The molecule has 20 heavy (non-hydrogen) atoms. The van der Waals surface area contributed by atoms with Gasteiger partial charge in [0.1, 0.15) is 0 Å². The Kier molecular flexibility index (Phi) is 5.61.